The van der Waals surface area contributed by atoms with Crippen LogP contribution in [0.3, 0.4) is 0 Å². The standard InChI is InChI=1S/C12H14BrN3O/c13-11-3-1-9(2-4-11)8-16-12(14)10(5-6-17)7-15-16/h1-4,7,17H,5-6,8,14H2. The van der Waals surface area contributed by atoms with E-state index in [9.17, 15) is 0 Å². The van der Waals surface area contributed by atoms with Crippen LogP contribution in [0.25, 0.3) is 0 Å². The van der Waals surface area contributed by atoms with Gasteiger partial charge in [-0.25, -0.2) is 4.68 Å². The van der Waals surface area contributed by atoms with Gasteiger partial charge in [0.1, 0.15) is 5.82 Å². The van der Waals surface area contributed by atoms with Crippen LogP contribution < -0.4 is 5.73 Å². The van der Waals surface area contributed by atoms with E-state index in [2.05, 4.69) is 21.0 Å². The third-order valence-corrected chi connectivity index (χ3v) is 3.12. The van der Waals surface area contributed by atoms with Gasteiger partial charge in [0.15, 0.2) is 0 Å². The monoisotopic (exact) mass is 295 g/mol. The lowest BCUT2D eigenvalue weighted by Crippen LogP contribution is -2.07. The van der Waals surface area contributed by atoms with Gasteiger partial charge >= 0.3 is 0 Å². The van der Waals surface area contributed by atoms with Crippen molar-refractivity contribution >= 4 is 21.7 Å². The molecule has 17 heavy (non-hydrogen) atoms. The minimum atomic E-state index is 0.0914. The number of aliphatic hydroxyl groups is 1. The Morgan fingerprint density at radius 2 is 2.00 bits per heavy atom. The van der Waals surface area contributed by atoms with Crippen molar-refractivity contribution in [3.8, 4) is 0 Å². The molecular formula is C12H14BrN3O. The molecule has 0 amide bonds. The molecule has 0 aliphatic rings. The Kier molecular flexibility index (Phi) is 3.81. The highest BCUT2D eigenvalue weighted by Gasteiger charge is 2.07. The minimum absolute atomic E-state index is 0.0914. The van der Waals surface area contributed by atoms with Crippen LogP contribution in [-0.2, 0) is 13.0 Å². The lowest BCUT2D eigenvalue weighted by atomic mass is 10.2. The van der Waals surface area contributed by atoms with E-state index in [0.717, 1.165) is 15.6 Å². The molecule has 1 heterocycles. The molecule has 0 atom stereocenters. The number of aliphatic hydroxyl groups excluding tert-OH is 1. The van der Waals surface area contributed by atoms with Gasteiger partial charge in [-0.05, 0) is 17.7 Å². The van der Waals surface area contributed by atoms with E-state index < -0.39 is 0 Å². The van der Waals surface area contributed by atoms with Gasteiger partial charge in [-0.3, -0.25) is 0 Å². The maximum Gasteiger partial charge on any atom is 0.125 e. The first-order valence-corrected chi connectivity index (χ1v) is 6.15. The third kappa shape index (κ3) is 2.87. The van der Waals surface area contributed by atoms with E-state index in [0.29, 0.717) is 18.8 Å². The average Bonchev–Trinajstić information content (AvgIpc) is 2.65. The molecule has 5 heteroatoms. The zero-order valence-corrected chi connectivity index (χ0v) is 10.9. The lowest BCUT2D eigenvalue weighted by Gasteiger charge is -2.05. The second-order valence-corrected chi connectivity index (χ2v) is 4.73. The molecule has 0 unspecified atom stereocenters. The van der Waals surface area contributed by atoms with Gasteiger partial charge in [0.25, 0.3) is 0 Å². The second-order valence-electron chi connectivity index (χ2n) is 3.81. The molecule has 2 aromatic rings. The summed E-state index contributed by atoms with van der Waals surface area (Å²) in [6.07, 6.45) is 2.26. The molecule has 0 fully saturated rings. The van der Waals surface area contributed by atoms with Crippen LogP contribution in [0.4, 0.5) is 5.82 Å². The van der Waals surface area contributed by atoms with Crippen molar-refractivity contribution in [1.82, 2.24) is 9.78 Å². The fourth-order valence-corrected chi connectivity index (χ4v) is 1.90. The number of nitrogen functional groups attached to an aromatic ring is 1. The lowest BCUT2D eigenvalue weighted by molar-refractivity contribution is 0.300. The fourth-order valence-electron chi connectivity index (χ4n) is 1.64. The van der Waals surface area contributed by atoms with Crippen molar-refractivity contribution < 1.29 is 5.11 Å². The van der Waals surface area contributed by atoms with Crippen molar-refractivity contribution in [3.05, 3.63) is 46.1 Å². The Labute approximate surface area is 108 Å². The van der Waals surface area contributed by atoms with Crippen LogP contribution in [0.15, 0.2) is 34.9 Å². The molecule has 2 rings (SSSR count). The van der Waals surface area contributed by atoms with Gasteiger partial charge in [-0.15, -0.1) is 0 Å². The van der Waals surface area contributed by atoms with Crippen molar-refractivity contribution in [3.63, 3.8) is 0 Å². The number of nitrogens with two attached hydrogens (primary N) is 1. The first-order chi connectivity index (χ1) is 8.20. The summed E-state index contributed by atoms with van der Waals surface area (Å²) >= 11 is 3.40. The highest BCUT2D eigenvalue weighted by molar-refractivity contribution is 9.10. The molecule has 3 N–H and O–H groups in total. The van der Waals surface area contributed by atoms with Crippen LogP contribution in [0.5, 0.6) is 0 Å². The molecule has 1 aromatic carbocycles. The first kappa shape index (κ1) is 12.1. The molecule has 4 nitrogen and oxygen atoms in total. The van der Waals surface area contributed by atoms with Gasteiger partial charge in [0.05, 0.1) is 12.7 Å². The molecule has 1 aromatic heterocycles. The van der Waals surface area contributed by atoms with E-state index in [1.807, 2.05) is 24.3 Å². The number of anilines is 1. The molecule has 0 aliphatic heterocycles. The quantitative estimate of drug-likeness (QED) is 0.904. The second kappa shape index (κ2) is 5.33. The summed E-state index contributed by atoms with van der Waals surface area (Å²) in [6.45, 7) is 0.735. The Balaban J connectivity index is 2.16. The SMILES string of the molecule is Nc1c(CCO)cnn1Cc1ccc(Br)cc1. The smallest absolute Gasteiger partial charge is 0.125 e. The zero-order valence-electron chi connectivity index (χ0n) is 9.31. The van der Waals surface area contributed by atoms with Crippen LogP contribution in [0, 0.1) is 0 Å². The highest BCUT2D eigenvalue weighted by atomic mass is 79.9. The molecule has 0 saturated heterocycles. The number of rotatable bonds is 4. The normalized spacial score (nSPS) is 10.7. The first-order valence-electron chi connectivity index (χ1n) is 5.36. The summed E-state index contributed by atoms with van der Waals surface area (Å²) in [4.78, 5) is 0. The molecule has 0 bridgehead atoms. The van der Waals surface area contributed by atoms with Crippen molar-refractivity contribution in [2.75, 3.05) is 12.3 Å². The number of benzene rings is 1. The van der Waals surface area contributed by atoms with Gasteiger partial charge in [-0.1, -0.05) is 28.1 Å². The summed E-state index contributed by atoms with van der Waals surface area (Å²) in [5.74, 6) is 0.627. The molecule has 0 aliphatic carbocycles. The Morgan fingerprint density at radius 3 is 2.65 bits per heavy atom. The molecule has 0 spiro atoms. The van der Waals surface area contributed by atoms with E-state index in [4.69, 9.17) is 10.8 Å². The molecule has 0 radical (unpaired) electrons. The topological polar surface area (TPSA) is 64.1 Å². The largest absolute Gasteiger partial charge is 0.396 e. The minimum Gasteiger partial charge on any atom is -0.396 e. The van der Waals surface area contributed by atoms with Gasteiger partial charge in [-0.2, -0.15) is 5.10 Å². The molecular weight excluding hydrogens is 282 g/mol. The average molecular weight is 296 g/mol. The van der Waals surface area contributed by atoms with Crippen LogP contribution >= 0.6 is 15.9 Å². The van der Waals surface area contributed by atoms with Crippen LogP contribution in [0.2, 0.25) is 0 Å². The number of hydrogen-bond acceptors (Lipinski definition) is 3. The zero-order chi connectivity index (χ0) is 12.3. The summed E-state index contributed by atoms with van der Waals surface area (Å²) < 4.78 is 2.80. The Morgan fingerprint density at radius 1 is 1.29 bits per heavy atom. The van der Waals surface area contributed by atoms with Gasteiger partial charge < -0.3 is 10.8 Å². The number of hydrogen-bond donors (Lipinski definition) is 2. The maximum absolute atomic E-state index is 8.88. The van der Waals surface area contributed by atoms with Crippen molar-refractivity contribution in [2.24, 2.45) is 0 Å². The summed E-state index contributed by atoms with van der Waals surface area (Å²) in [6, 6.07) is 8.03. The number of aromatic nitrogens is 2. The summed E-state index contributed by atoms with van der Waals surface area (Å²) in [7, 11) is 0. The highest BCUT2D eigenvalue weighted by Crippen LogP contribution is 2.15. The van der Waals surface area contributed by atoms with E-state index in [-0.39, 0.29) is 6.61 Å². The maximum atomic E-state index is 8.88. The van der Waals surface area contributed by atoms with Gasteiger partial charge in [0.2, 0.25) is 0 Å². The Hall–Kier alpha value is -1.33. The summed E-state index contributed by atoms with van der Waals surface area (Å²) in [5.41, 5.74) is 7.98. The van der Waals surface area contributed by atoms with E-state index in [1.54, 1.807) is 10.9 Å². The predicted molar refractivity (Wildman–Crippen MR) is 70.7 cm³/mol. The Bertz CT molecular complexity index is 493. The van der Waals surface area contributed by atoms with Gasteiger partial charge in [0, 0.05) is 23.1 Å². The molecule has 90 valence electrons. The van der Waals surface area contributed by atoms with Crippen molar-refractivity contribution in [1.29, 1.82) is 0 Å². The van der Waals surface area contributed by atoms with Crippen LogP contribution in [0.1, 0.15) is 11.1 Å². The summed E-state index contributed by atoms with van der Waals surface area (Å²) in [5, 5.41) is 13.1. The van der Waals surface area contributed by atoms with E-state index >= 15 is 0 Å². The predicted octanol–water partition coefficient (Wildman–Crippen LogP) is 1.81. The molecule has 0 saturated carbocycles. The van der Waals surface area contributed by atoms with Crippen molar-refractivity contribution in [2.45, 2.75) is 13.0 Å². The van der Waals surface area contributed by atoms with Crippen LogP contribution in [-0.4, -0.2) is 21.5 Å². The number of halogens is 1. The fraction of sp³-hybridized carbons (Fsp3) is 0.250. The third-order valence-electron chi connectivity index (χ3n) is 2.59. The number of nitrogens with zero attached hydrogens (tertiary/aromatic N) is 2. The van der Waals surface area contributed by atoms with E-state index in [1.165, 1.54) is 0 Å².